The summed E-state index contributed by atoms with van der Waals surface area (Å²) in [7, 11) is 0. The Hall–Kier alpha value is -3.47. The third-order valence-corrected chi connectivity index (χ3v) is 8.74. The Morgan fingerprint density at radius 2 is 1.92 bits per heavy atom. The van der Waals surface area contributed by atoms with Crippen LogP contribution in [0.2, 0.25) is 0 Å². The molecule has 39 heavy (non-hydrogen) atoms. The summed E-state index contributed by atoms with van der Waals surface area (Å²) in [4.78, 5) is 31.9. The van der Waals surface area contributed by atoms with Gasteiger partial charge in [-0.1, -0.05) is 17.3 Å². The van der Waals surface area contributed by atoms with E-state index in [1.165, 1.54) is 6.07 Å². The van der Waals surface area contributed by atoms with Crippen LogP contribution >= 0.6 is 0 Å². The number of carbonyl (C=O) groups excluding carboxylic acids is 1. The zero-order chi connectivity index (χ0) is 27.3. The number of nitrogens with zero attached hydrogens (tertiary/aromatic N) is 4. The number of aromatic amines is 1. The van der Waals surface area contributed by atoms with E-state index in [4.69, 9.17) is 9.26 Å². The predicted octanol–water partition coefficient (Wildman–Crippen LogP) is 4.59. The van der Waals surface area contributed by atoms with Crippen molar-refractivity contribution in [1.29, 1.82) is 0 Å². The van der Waals surface area contributed by atoms with E-state index in [1.54, 1.807) is 6.20 Å². The number of nitrogens with one attached hydrogen (secondary N) is 1. The number of benzene rings is 1. The number of fused-ring (bicyclic) bond motifs is 2. The van der Waals surface area contributed by atoms with Gasteiger partial charge in [0.25, 0.3) is 11.4 Å². The van der Waals surface area contributed by atoms with E-state index in [-0.39, 0.29) is 22.8 Å². The minimum Gasteiger partial charge on any atom is -0.381 e. The Morgan fingerprint density at radius 1 is 1.15 bits per heavy atom. The lowest BCUT2D eigenvalue weighted by Crippen LogP contribution is -2.44. The highest BCUT2D eigenvalue weighted by Gasteiger charge is 2.58. The van der Waals surface area contributed by atoms with Crippen LogP contribution in [0.4, 0.5) is 14.5 Å². The molecule has 0 unspecified atom stereocenters. The average Bonchev–Trinajstić information content (AvgIpc) is 3.67. The van der Waals surface area contributed by atoms with Gasteiger partial charge in [0, 0.05) is 55.3 Å². The van der Waals surface area contributed by atoms with Crippen LogP contribution in [-0.4, -0.2) is 46.0 Å². The normalized spacial score (nSPS) is 25.2. The van der Waals surface area contributed by atoms with Crippen molar-refractivity contribution in [1.82, 2.24) is 20.3 Å². The van der Waals surface area contributed by atoms with Gasteiger partial charge in [0.1, 0.15) is 0 Å². The fourth-order valence-corrected chi connectivity index (χ4v) is 6.65. The zero-order valence-electron chi connectivity index (χ0n) is 21.8. The molecule has 9 nitrogen and oxygen atoms in total. The van der Waals surface area contributed by atoms with Crippen molar-refractivity contribution in [3.8, 4) is 11.1 Å². The third-order valence-electron chi connectivity index (χ3n) is 8.74. The molecule has 3 heterocycles. The molecule has 11 heteroatoms. The first-order valence-electron chi connectivity index (χ1n) is 13.4. The number of carbonyl (C=O) groups is 1. The highest BCUT2D eigenvalue weighted by molar-refractivity contribution is 5.96. The summed E-state index contributed by atoms with van der Waals surface area (Å²) >= 11 is 0. The maximum absolute atomic E-state index is 14.0. The first kappa shape index (κ1) is 25.8. The molecular weight excluding hydrogens is 508 g/mol. The van der Waals surface area contributed by atoms with Gasteiger partial charge in [0.15, 0.2) is 5.82 Å². The molecule has 1 saturated heterocycles. The van der Waals surface area contributed by atoms with Gasteiger partial charge in [0.05, 0.1) is 6.20 Å². The number of alkyl halides is 2. The highest BCUT2D eigenvalue weighted by atomic mass is 19.3. The van der Waals surface area contributed by atoms with Gasteiger partial charge in [-0.25, -0.2) is 5.10 Å². The molecule has 0 radical (unpaired) electrons. The number of amides is 1. The molecule has 3 fully saturated rings. The Balaban J connectivity index is 1.31. The molecule has 1 N–H and O–H groups in total. The molecule has 2 saturated carbocycles. The summed E-state index contributed by atoms with van der Waals surface area (Å²) in [6.07, 6.45) is 6.84. The fourth-order valence-electron chi connectivity index (χ4n) is 6.65. The van der Waals surface area contributed by atoms with Crippen LogP contribution in [0.1, 0.15) is 63.6 Å². The maximum Gasteiger partial charge on any atom is 0.322 e. The number of hydrogen-bond donors (Lipinski definition) is 1. The van der Waals surface area contributed by atoms with E-state index < -0.39 is 17.2 Å². The standard InChI is InChI=1S/C28H31F2N5O4/c1-26(29,30)25-32-24(34-39-25)28-9-7-27(16-28,8-10-28)17-35(23(37)18-5-11-38-12-6-18)21-4-2-3-19(13-21)20-14-22(36)33-31-15-20/h2-4,13-15,18H,5-12,16-17H2,1H3,(H,33,36). The van der Waals surface area contributed by atoms with Crippen LogP contribution in [0.3, 0.4) is 0 Å². The third kappa shape index (κ3) is 4.88. The lowest BCUT2D eigenvalue weighted by atomic mass is 9.81. The summed E-state index contributed by atoms with van der Waals surface area (Å²) < 4.78 is 38.0. The molecule has 2 aromatic heterocycles. The van der Waals surface area contributed by atoms with Crippen molar-refractivity contribution >= 4 is 11.6 Å². The van der Waals surface area contributed by atoms with Crippen LogP contribution < -0.4 is 10.5 Å². The number of ether oxygens (including phenoxy) is 1. The molecule has 3 aliphatic rings. The van der Waals surface area contributed by atoms with Crippen molar-refractivity contribution in [2.45, 2.75) is 63.2 Å². The molecule has 1 aromatic carbocycles. The molecule has 3 aromatic rings. The van der Waals surface area contributed by atoms with Crippen LogP contribution in [0, 0.1) is 11.3 Å². The molecule has 1 aliphatic heterocycles. The van der Waals surface area contributed by atoms with Gasteiger partial charge in [-0.2, -0.15) is 18.9 Å². The summed E-state index contributed by atoms with van der Waals surface area (Å²) in [5.41, 5.74) is 1.32. The SMILES string of the molecule is CC(F)(F)c1nc(C23CCC(CN(C(=O)C4CCOCC4)c4cccc(-c5cn[nH]c(=O)c5)c4)(CC2)C3)no1. The Labute approximate surface area is 223 Å². The van der Waals surface area contributed by atoms with Crippen molar-refractivity contribution in [2.75, 3.05) is 24.7 Å². The number of anilines is 1. The molecule has 2 aliphatic carbocycles. The van der Waals surface area contributed by atoms with Gasteiger partial charge in [-0.05, 0) is 68.1 Å². The second kappa shape index (κ2) is 9.62. The van der Waals surface area contributed by atoms with E-state index in [0.717, 1.165) is 43.9 Å². The number of halogens is 2. The van der Waals surface area contributed by atoms with Crippen LogP contribution in [0.25, 0.3) is 11.1 Å². The van der Waals surface area contributed by atoms with Gasteiger partial charge in [-0.3, -0.25) is 9.59 Å². The van der Waals surface area contributed by atoms with Crippen LogP contribution in [0.5, 0.6) is 0 Å². The second-order valence-corrected chi connectivity index (χ2v) is 11.5. The van der Waals surface area contributed by atoms with Crippen LogP contribution in [-0.2, 0) is 20.9 Å². The number of aromatic nitrogens is 4. The molecule has 0 spiro atoms. The van der Waals surface area contributed by atoms with Crippen LogP contribution in [0.15, 0.2) is 45.8 Å². The Bertz CT molecular complexity index is 1420. The zero-order valence-corrected chi connectivity index (χ0v) is 21.8. The van der Waals surface area contributed by atoms with E-state index in [2.05, 4.69) is 20.3 Å². The van der Waals surface area contributed by atoms with E-state index in [1.807, 2.05) is 29.2 Å². The lowest BCUT2D eigenvalue weighted by Gasteiger charge is -2.36. The van der Waals surface area contributed by atoms with Crippen molar-refractivity contribution in [2.24, 2.45) is 11.3 Å². The molecule has 6 rings (SSSR count). The van der Waals surface area contributed by atoms with Gasteiger partial charge < -0.3 is 14.2 Å². The largest absolute Gasteiger partial charge is 0.381 e. The van der Waals surface area contributed by atoms with Gasteiger partial charge in [-0.15, -0.1) is 0 Å². The Morgan fingerprint density at radius 3 is 2.62 bits per heavy atom. The first-order chi connectivity index (χ1) is 18.7. The highest BCUT2D eigenvalue weighted by Crippen LogP contribution is 2.62. The van der Waals surface area contributed by atoms with E-state index >= 15 is 0 Å². The monoisotopic (exact) mass is 539 g/mol. The molecule has 2 bridgehead atoms. The summed E-state index contributed by atoms with van der Waals surface area (Å²) in [6, 6.07) is 9.10. The quantitative estimate of drug-likeness (QED) is 0.467. The lowest BCUT2D eigenvalue weighted by molar-refractivity contribution is -0.125. The smallest absolute Gasteiger partial charge is 0.322 e. The Kier molecular flexibility index (Phi) is 6.36. The average molecular weight is 540 g/mol. The summed E-state index contributed by atoms with van der Waals surface area (Å²) in [5, 5.41) is 10.3. The summed E-state index contributed by atoms with van der Waals surface area (Å²) in [5.74, 6) is -3.57. The second-order valence-electron chi connectivity index (χ2n) is 11.5. The van der Waals surface area contributed by atoms with Crippen molar-refractivity contribution in [3.63, 3.8) is 0 Å². The number of rotatable bonds is 7. The fraction of sp³-hybridized carbons (Fsp3) is 0.536. The number of hydrogen-bond acceptors (Lipinski definition) is 7. The first-order valence-corrected chi connectivity index (χ1v) is 13.4. The minimum absolute atomic E-state index is 0.0609. The molecule has 206 valence electrons. The summed E-state index contributed by atoms with van der Waals surface area (Å²) in [6.45, 7) is 2.38. The van der Waals surface area contributed by atoms with Gasteiger partial charge >= 0.3 is 5.92 Å². The minimum atomic E-state index is -3.19. The molecular formula is C28H31F2N5O4. The van der Waals surface area contributed by atoms with E-state index in [0.29, 0.717) is 50.4 Å². The maximum atomic E-state index is 14.0. The molecule has 1 amide bonds. The predicted molar refractivity (Wildman–Crippen MR) is 137 cm³/mol. The van der Waals surface area contributed by atoms with E-state index in [9.17, 15) is 18.4 Å². The molecule has 0 atom stereocenters. The number of H-pyrrole nitrogens is 1. The van der Waals surface area contributed by atoms with Crippen molar-refractivity contribution < 1.29 is 22.8 Å². The van der Waals surface area contributed by atoms with Crippen molar-refractivity contribution in [3.05, 3.63) is 58.6 Å². The van der Waals surface area contributed by atoms with Gasteiger partial charge in [0.2, 0.25) is 5.91 Å². The topological polar surface area (TPSA) is 114 Å².